The molecule has 0 aliphatic carbocycles. The Morgan fingerprint density at radius 2 is 2.21 bits per heavy atom. The van der Waals surface area contributed by atoms with Gasteiger partial charge < -0.3 is 9.52 Å². The van der Waals surface area contributed by atoms with Gasteiger partial charge in [-0.05, 0) is 13.0 Å². The van der Waals surface area contributed by atoms with Crippen molar-refractivity contribution < 1.29 is 22.7 Å². The van der Waals surface area contributed by atoms with Gasteiger partial charge in [0.2, 0.25) is 5.09 Å². The van der Waals surface area contributed by atoms with E-state index in [0.29, 0.717) is 11.0 Å². The summed E-state index contributed by atoms with van der Waals surface area (Å²) in [6, 6.07) is 1.58. The van der Waals surface area contributed by atoms with Crippen molar-refractivity contribution in [2.24, 2.45) is 0 Å². The van der Waals surface area contributed by atoms with E-state index in [9.17, 15) is 13.2 Å². The Morgan fingerprint density at radius 3 is 2.79 bits per heavy atom. The Balaban J connectivity index is 0.00000180. The first kappa shape index (κ1) is 15.4. The summed E-state index contributed by atoms with van der Waals surface area (Å²) in [6.07, 6.45) is 2.92. The van der Waals surface area contributed by atoms with E-state index in [0.717, 1.165) is 0 Å². The van der Waals surface area contributed by atoms with E-state index in [-0.39, 0.29) is 17.5 Å². The van der Waals surface area contributed by atoms with Crippen molar-refractivity contribution >= 4 is 39.4 Å². The zero-order valence-electron chi connectivity index (χ0n) is 9.73. The fourth-order valence-corrected chi connectivity index (χ4v) is 2.50. The molecule has 19 heavy (non-hydrogen) atoms. The quantitative estimate of drug-likeness (QED) is 0.872. The second kappa shape index (κ2) is 5.55. The topological polar surface area (TPSA) is 110 Å². The van der Waals surface area contributed by atoms with Crippen LogP contribution in [-0.2, 0) is 14.8 Å². The minimum absolute atomic E-state index is 0. The number of carbonyl (C=O) groups is 1. The van der Waals surface area contributed by atoms with Crippen LogP contribution >= 0.6 is 12.4 Å². The van der Waals surface area contributed by atoms with Gasteiger partial charge in [-0.3, -0.25) is 9.78 Å². The molecular weight excluding hydrogens is 296 g/mol. The molecule has 1 atom stereocenters. The van der Waals surface area contributed by atoms with E-state index < -0.39 is 22.0 Å². The summed E-state index contributed by atoms with van der Waals surface area (Å²) in [4.78, 5) is 14.4. The Labute approximate surface area is 115 Å². The predicted octanol–water partition coefficient (Wildman–Crippen LogP) is 1.00. The molecule has 0 spiro atoms. The standard InChI is InChI=1S/C10H10N2O5S.ClH/c1-6(10(13)14)12-18(15,16)9-4-7-5-11-3-2-8(7)17-9;/h2-6,12H,1H3,(H,13,14);1H/t6-;/m0./s1. The number of pyridine rings is 1. The Kier molecular flexibility index (Phi) is 4.51. The molecule has 0 aromatic carbocycles. The molecule has 0 fully saturated rings. The minimum atomic E-state index is -3.99. The molecule has 0 unspecified atom stereocenters. The molecule has 2 aromatic heterocycles. The molecule has 2 aromatic rings. The molecule has 2 N–H and O–H groups in total. The van der Waals surface area contributed by atoms with E-state index in [2.05, 4.69) is 4.98 Å². The van der Waals surface area contributed by atoms with E-state index >= 15 is 0 Å². The highest BCUT2D eigenvalue weighted by Gasteiger charge is 2.24. The third kappa shape index (κ3) is 3.22. The van der Waals surface area contributed by atoms with Crippen LogP contribution in [0.5, 0.6) is 0 Å². The molecule has 104 valence electrons. The minimum Gasteiger partial charge on any atom is -0.480 e. The van der Waals surface area contributed by atoms with Crippen molar-refractivity contribution in [1.82, 2.24) is 9.71 Å². The summed E-state index contributed by atoms with van der Waals surface area (Å²) in [5.41, 5.74) is 0.369. The van der Waals surface area contributed by atoms with Crippen LogP contribution in [0.1, 0.15) is 6.92 Å². The van der Waals surface area contributed by atoms with E-state index in [1.807, 2.05) is 4.72 Å². The third-order valence-corrected chi connectivity index (χ3v) is 3.66. The van der Waals surface area contributed by atoms with Gasteiger partial charge >= 0.3 is 5.97 Å². The van der Waals surface area contributed by atoms with Crippen LogP contribution in [0.25, 0.3) is 11.0 Å². The van der Waals surface area contributed by atoms with E-state index in [4.69, 9.17) is 9.52 Å². The number of hydrogen-bond donors (Lipinski definition) is 2. The first-order valence-electron chi connectivity index (χ1n) is 4.99. The number of aliphatic carboxylic acids is 1. The number of nitrogens with one attached hydrogen (secondary N) is 1. The predicted molar refractivity (Wildman–Crippen MR) is 68.7 cm³/mol. The monoisotopic (exact) mass is 306 g/mol. The van der Waals surface area contributed by atoms with Crippen LogP contribution in [0, 0.1) is 0 Å². The molecule has 0 aliphatic heterocycles. The van der Waals surface area contributed by atoms with Gasteiger partial charge in [0.05, 0.1) is 0 Å². The van der Waals surface area contributed by atoms with Gasteiger partial charge in [0, 0.05) is 23.8 Å². The number of furan rings is 1. The van der Waals surface area contributed by atoms with Gasteiger partial charge in [-0.15, -0.1) is 12.4 Å². The fourth-order valence-electron chi connectivity index (χ4n) is 1.33. The maximum atomic E-state index is 11.8. The van der Waals surface area contributed by atoms with Crippen LogP contribution in [0.4, 0.5) is 0 Å². The van der Waals surface area contributed by atoms with Crippen molar-refractivity contribution in [2.75, 3.05) is 0 Å². The molecule has 2 heterocycles. The molecule has 9 heteroatoms. The number of fused-ring (bicyclic) bond motifs is 1. The normalized spacial score (nSPS) is 12.9. The number of carboxylic acids is 1. The lowest BCUT2D eigenvalue weighted by Crippen LogP contribution is -2.38. The maximum Gasteiger partial charge on any atom is 0.321 e. The second-order valence-electron chi connectivity index (χ2n) is 3.66. The Hall–Kier alpha value is -1.64. The lowest BCUT2D eigenvalue weighted by molar-refractivity contribution is -0.138. The molecule has 7 nitrogen and oxygen atoms in total. The van der Waals surface area contributed by atoms with Crippen molar-refractivity contribution in [3.8, 4) is 0 Å². The number of halogens is 1. The number of aromatic nitrogens is 1. The van der Waals surface area contributed by atoms with Crippen molar-refractivity contribution in [2.45, 2.75) is 18.1 Å². The number of sulfonamides is 1. The summed E-state index contributed by atoms with van der Waals surface area (Å²) < 4.78 is 30.8. The largest absolute Gasteiger partial charge is 0.480 e. The fraction of sp³-hybridized carbons (Fsp3) is 0.200. The van der Waals surface area contributed by atoms with Crippen molar-refractivity contribution in [1.29, 1.82) is 0 Å². The summed E-state index contributed by atoms with van der Waals surface area (Å²) in [6.45, 7) is 1.23. The van der Waals surface area contributed by atoms with Crippen LogP contribution in [0.15, 0.2) is 34.0 Å². The highest BCUT2D eigenvalue weighted by molar-refractivity contribution is 7.89. The molecule has 0 aliphatic rings. The van der Waals surface area contributed by atoms with Crippen molar-refractivity contribution in [3.05, 3.63) is 24.5 Å². The summed E-state index contributed by atoms with van der Waals surface area (Å²) in [7, 11) is -3.99. The lowest BCUT2D eigenvalue weighted by atomic mass is 10.3. The summed E-state index contributed by atoms with van der Waals surface area (Å²) in [5, 5.41) is 8.86. The van der Waals surface area contributed by atoms with Gasteiger partial charge in [-0.2, -0.15) is 4.72 Å². The Morgan fingerprint density at radius 1 is 1.53 bits per heavy atom. The first-order valence-corrected chi connectivity index (χ1v) is 6.47. The van der Waals surface area contributed by atoms with Gasteiger partial charge in [0.25, 0.3) is 10.0 Å². The molecule has 0 radical (unpaired) electrons. The second-order valence-corrected chi connectivity index (χ2v) is 5.31. The van der Waals surface area contributed by atoms with Crippen LogP contribution in [0.3, 0.4) is 0 Å². The number of hydrogen-bond acceptors (Lipinski definition) is 5. The van der Waals surface area contributed by atoms with E-state index in [1.54, 1.807) is 0 Å². The SMILES string of the molecule is C[C@H](NS(=O)(=O)c1cc2cnccc2o1)C(=O)O.Cl. The molecule has 0 amide bonds. The zero-order valence-corrected chi connectivity index (χ0v) is 11.4. The number of carboxylic acid groups (broad SMARTS) is 1. The summed E-state index contributed by atoms with van der Waals surface area (Å²) in [5.74, 6) is -1.27. The van der Waals surface area contributed by atoms with Gasteiger partial charge in [0.15, 0.2) is 0 Å². The maximum absolute atomic E-state index is 11.8. The lowest BCUT2D eigenvalue weighted by Gasteiger charge is -2.07. The zero-order chi connectivity index (χ0) is 13.3. The molecule has 0 bridgehead atoms. The number of rotatable bonds is 4. The van der Waals surface area contributed by atoms with Gasteiger partial charge in [-0.25, -0.2) is 8.42 Å². The molecular formula is C10H11ClN2O5S. The van der Waals surface area contributed by atoms with Crippen LogP contribution < -0.4 is 4.72 Å². The average molecular weight is 307 g/mol. The van der Waals surface area contributed by atoms with Crippen LogP contribution in [0.2, 0.25) is 0 Å². The van der Waals surface area contributed by atoms with Crippen LogP contribution in [-0.4, -0.2) is 30.5 Å². The smallest absolute Gasteiger partial charge is 0.321 e. The molecule has 0 saturated heterocycles. The molecule has 0 saturated carbocycles. The van der Waals surface area contributed by atoms with Gasteiger partial charge in [0.1, 0.15) is 11.6 Å². The van der Waals surface area contributed by atoms with Crippen molar-refractivity contribution in [3.63, 3.8) is 0 Å². The van der Waals surface area contributed by atoms with Gasteiger partial charge in [-0.1, -0.05) is 0 Å². The summed E-state index contributed by atoms with van der Waals surface area (Å²) >= 11 is 0. The highest BCUT2D eigenvalue weighted by atomic mass is 35.5. The average Bonchev–Trinajstić information content (AvgIpc) is 2.72. The third-order valence-electron chi connectivity index (χ3n) is 2.26. The highest BCUT2D eigenvalue weighted by Crippen LogP contribution is 2.21. The first-order chi connectivity index (χ1) is 8.40. The van der Waals surface area contributed by atoms with E-state index in [1.165, 1.54) is 31.5 Å². The number of nitrogens with zero attached hydrogens (tertiary/aromatic N) is 1. The Bertz CT molecular complexity index is 664. The molecule has 2 rings (SSSR count).